The summed E-state index contributed by atoms with van der Waals surface area (Å²) in [4.78, 5) is 15.3. The third-order valence-electron chi connectivity index (χ3n) is 5.75. The van der Waals surface area contributed by atoms with Gasteiger partial charge in [0.25, 0.3) is 5.91 Å². The number of nitrogens with one attached hydrogen (secondary N) is 2. The molecule has 3 heterocycles. The zero-order chi connectivity index (χ0) is 17.4. The Balaban J connectivity index is 1.57. The van der Waals surface area contributed by atoms with E-state index in [9.17, 15) is 4.79 Å². The molecule has 1 amide bonds. The number of carbonyl (C=O) groups is 1. The fourth-order valence-corrected chi connectivity index (χ4v) is 4.68. The van der Waals surface area contributed by atoms with Crippen LogP contribution in [-0.2, 0) is 6.54 Å². The van der Waals surface area contributed by atoms with Crippen LogP contribution in [-0.4, -0.2) is 40.1 Å². The van der Waals surface area contributed by atoms with Crippen molar-refractivity contribution in [2.24, 2.45) is 5.41 Å². The number of H-pyrrole nitrogens is 1. The lowest BCUT2D eigenvalue weighted by Crippen LogP contribution is -2.39. The Labute approximate surface area is 152 Å². The summed E-state index contributed by atoms with van der Waals surface area (Å²) in [5, 5.41) is 15.0. The second-order valence-electron chi connectivity index (χ2n) is 7.76. The second-order valence-corrected chi connectivity index (χ2v) is 8.54. The lowest BCUT2D eigenvalue weighted by molar-refractivity contribution is 0.0686. The summed E-state index contributed by atoms with van der Waals surface area (Å²) < 4.78 is 0. The second kappa shape index (κ2) is 6.57. The van der Waals surface area contributed by atoms with Crippen LogP contribution in [0, 0.1) is 5.41 Å². The van der Waals surface area contributed by atoms with Crippen LogP contribution in [0.2, 0.25) is 0 Å². The van der Waals surface area contributed by atoms with E-state index in [0.29, 0.717) is 29.6 Å². The van der Waals surface area contributed by atoms with Crippen molar-refractivity contribution in [2.45, 2.75) is 51.6 Å². The van der Waals surface area contributed by atoms with Gasteiger partial charge in [-0.15, -0.1) is 0 Å². The molecule has 1 saturated carbocycles. The molecule has 1 spiro atoms. The summed E-state index contributed by atoms with van der Waals surface area (Å²) in [5.74, 6) is 0.408. The molecule has 6 heteroatoms. The van der Waals surface area contributed by atoms with Crippen molar-refractivity contribution in [1.29, 1.82) is 0 Å². The summed E-state index contributed by atoms with van der Waals surface area (Å²) in [5.41, 5.74) is 3.11. The number of amides is 1. The zero-order valence-electron chi connectivity index (χ0n) is 14.9. The minimum Gasteiger partial charge on any atom is -0.329 e. The third-order valence-corrected chi connectivity index (χ3v) is 6.49. The summed E-state index contributed by atoms with van der Waals surface area (Å²) in [7, 11) is 0. The monoisotopic (exact) mass is 358 g/mol. The zero-order valence-corrected chi connectivity index (χ0v) is 15.7. The molecule has 25 heavy (non-hydrogen) atoms. The Morgan fingerprint density at radius 1 is 1.44 bits per heavy atom. The number of carbonyl (C=O) groups excluding carboxylic acids is 1. The molecule has 1 atom stereocenters. The minimum atomic E-state index is 0.0646. The molecular weight excluding hydrogens is 332 g/mol. The predicted octanol–water partition coefficient (Wildman–Crippen LogP) is 3.38. The first kappa shape index (κ1) is 16.8. The van der Waals surface area contributed by atoms with Crippen molar-refractivity contribution < 1.29 is 4.79 Å². The number of rotatable bonds is 5. The molecule has 2 fully saturated rings. The largest absolute Gasteiger partial charge is 0.329 e. The molecule has 4 rings (SSSR count). The van der Waals surface area contributed by atoms with Crippen LogP contribution in [0.25, 0.3) is 0 Å². The molecule has 1 aliphatic heterocycles. The van der Waals surface area contributed by atoms with E-state index in [2.05, 4.69) is 51.1 Å². The van der Waals surface area contributed by atoms with Crippen molar-refractivity contribution in [3.8, 4) is 0 Å². The first-order chi connectivity index (χ1) is 12.1. The van der Waals surface area contributed by atoms with Gasteiger partial charge in [0.15, 0.2) is 0 Å². The Morgan fingerprint density at radius 3 is 2.88 bits per heavy atom. The number of hydrogen-bond donors (Lipinski definition) is 2. The lowest BCUT2D eigenvalue weighted by atomic mass is 9.93. The molecule has 2 N–H and O–H groups in total. The molecule has 0 bridgehead atoms. The molecule has 0 aromatic carbocycles. The molecule has 1 saturated heterocycles. The molecule has 2 aromatic rings. The highest BCUT2D eigenvalue weighted by atomic mass is 32.1. The SMILES string of the molecule is CC(C)c1cc(C(=O)N(Cc2ccsc2)C2CC23CCNCC3)n[nH]1. The number of aromatic amines is 1. The smallest absolute Gasteiger partial charge is 0.274 e. The molecule has 1 aliphatic carbocycles. The van der Waals surface area contributed by atoms with E-state index in [-0.39, 0.29) is 5.91 Å². The highest BCUT2D eigenvalue weighted by molar-refractivity contribution is 7.07. The average molecular weight is 359 g/mol. The van der Waals surface area contributed by atoms with Gasteiger partial charge in [0.05, 0.1) is 0 Å². The van der Waals surface area contributed by atoms with Gasteiger partial charge < -0.3 is 10.2 Å². The van der Waals surface area contributed by atoms with Gasteiger partial charge in [0.1, 0.15) is 5.69 Å². The molecule has 134 valence electrons. The van der Waals surface area contributed by atoms with Gasteiger partial charge in [0, 0.05) is 18.3 Å². The standard InChI is InChI=1S/C19H26N4OS/c1-13(2)15-9-16(22-21-15)18(24)23(11-14-3-8-25-12-14)17-10-19(17)4-6-20-7-5-19/h3,8-9,12-13,17,20H,4-7,10-11H2,1-2H3,(H,21,22). The average Bonchev–Trinajstić information content (AvgIpc) is 3.06. The van der Waals surface area contributed by atoms with Crippen LogP contribution >= 0.6 is 11.3 Å². The Kier molecular flexibility index (Phi) is 4.41. The van der Waals surface area contributed by atoms with E-state index < -0.39 is 0 Å². The molecule has 5 nitrogen and oxygen atoms in total. The Morgan fingerprint density at radius 2 is 2.24 bits per heavy atom. The fraction of sp³-hybridized carbons (Fsp3) is 0.579. The van der Waals surface area contributed by atoms with E-state index in [1.165, 1.54) is 18.4 Å². The van der Waals surface area contributed by atoms with Crippen LogP contribution in [0.1, 0.15) is 60.8 Å². The maximum absolute atomic E-state index is 13.2. The Bertz CT molecular complexity index is 730. The van der Waals surface area contributed by atoms with Crippen LogP contribution in [0.5, 0.6) is 0 Å². The normalized spacial score (nSPS) is 21.6. The van der Waals surface area contributed by atoms with E-state index in [1.54, 1.807) is 11.3 Å². The van der Waals surface area contributed by atoms with E-state index >= 15 is 0 Å². The molecule has 1 unspecified atom stereocenters. The maximum atomic E-state index is 13.2. The predicted molar refractivity (Wildman–Crippen MR) is 99.8 cm³/mol. The van der Waals surface area contributed by atoms with Gasteiger partial charge in [-0.25, -0.2) is 0 Å². The van der Waals surface area contributed by atoms with Gasteiger partial charge >= 0.3 is 0 Å². The van der Waals surface area contributed by atoms with Gasteiger partial charge in [-0.05, 0) is 72.1 Å². The van der Waals surface area contributed by atoms with Gasteiger partial charge in [-0.2, -0.15) is 16.4 Å². The topological polar surface area (TPSA) is 61.0 Å². The molecule has 2 aromatic heterocycles. The van der Waals surface area contributed by atoms with Crippen LogP contribution in [0.15, 0.2) is 22.9 Å². The highest BCUT2D eigenvalue weighted by Crippen LogP contribution is 2.56. The molecule has 2 aliphatic rings. The van der Waals surface area contributed by atoms with Crippen LogP contribution < -0.4 is 5.32 Å². The number of nitrogens with zero attached hydrogens (tertiary/aromatic N) is 2. The van der Waals surface area contributed by atoms with Gasteiger partial charge in [-0.3, -0.25) is 9.89 Å². The van der Waals surface area contributed by atoms with E-state index in [0.717, 1.165) is 25.2 Å². The van der Waals surface area contributed by atoms with Crippen molar-refractivity contribution >= 4 is 17.2 Å². The summed E-state index contributed by atoms with van der Waals surface area (Å²) in [6.45, 7) is 7.03. The minimum absolute atomic E-state index is 0.0646. The van der Waals surface area contributed by atoms with E-state index in [4.69, 9.17) is 0 Å². The van der Waals surface area contributed by atoms with Crippen molar-refractivity contribution in [2.75, 3.05) is 13.1 Å². The number of thiophene rings is 1. The summed E-state index contributed by atoms with van der Waals surface area (Å²) >= 11 is 1.69. The molecule has 0 radical (unpaired) electrons. The molecular formula is C19H26N4OS. The first-order valence-corrected chi connectivity index (χ1v) is 10.1. The van der Waals surface area contributed by atoms with Gasteiger partial charge in [0.2, 0.25) is 0 Å². The number of hydrogen-bond acceptors (Lipinski definition) is 4. The van der Waals surface area contributed by atoms with E-state index in [1.807, 2.05) is 6.07 Å². The van der Waals surface area contributed by atoms with Crippen LogP contribution in [0.4, 0.5) is 0 Å². The lowest BCUT2D eigenvalue weighted by Gasteiger charge is -2.29. The highest BCUT2D eigenvalue weighted by Gasteiger charge is 2.57. The van der Waals surface area contributed by atoms with Crippen molar-refractivity contribution in [1.82, 2.24) is 20.4 Å². The van der Waals surface area contributed by atoms with Crippen LogP contribution in [0.3, 0.4) is 0 Å². The van der Waals surface area contributed by atoms with Crippen molar-refractivity contribution in [3.05, 3.63) is 39.8 Å². The summed E-state index contributed by atoms with van der Waals surface area (Å²) in [6.07, 6.45) is 3.47. The Hall–Kier alpha value is -1.66. The first-order valence-electron chi connectivity index (χ1n) is 9.17. The fourth-order valence-electron chi connectivity index (χ4n) is 4.02. The third kappa shape index (κ3) is 3.25. The van der Waals surface area contributed by atoms with Gasteiger partial charge in [-0.1, -0.05) is 13.8 Å². The maximum Gasteiger partial charge on any atom is 0.274 e. The number of piperidine rings is 1. The quantitative estimate of drug-likeness (QED) is 0.861. The number of aromatic nitrogens is 2. The van der Waals surface area contributed by atoms with Crippen molar-refractivity contribution in [3.63, 3.8) is 0 Å². The summed E-state index contributed by atoms with van der Waals surface area (Å²) in [6, 6.07) is 4.39.